The normalized spacial score (nSPS) is 24.1. The molecule has 1 unspecified atom stereocenters. The Bertz CT molecular complexity index is 364. The van der Waals surface area contributed by atoms with Gasteiger partial charge in [-0.15, -0.1) is 0 Å². The van der Waals surface area contributed by atoms with Crippen molar-refractivity contribution in [3.8, 4) is 0 Å². The first-order valence-electron chi connectivity index (χ1n) is 7.39. The molecule has 2 heterocycles. The smallest absolute Gasteiger partial charge is 0.239 e. The Morgan fingerprint density at radius 2 is 1.80 bits per heavy atom. The highest BCUT2D eigenvalue weighted by Crippen LogP contribution is 2.14. The second-order valence-electron chi connectivity index (χ2n) is 6.34. The second kappa shape index (κ2) is 6.10. The van der Waals surface area contributed by atoms with E-state index < -0.39 is 5.60 Å². The fourth-order valence-corrected chi connectivity index (χ4v) is 2.77. The average molecular weight is 283 g/mol. The van der Waals surface area contributed by atoms with Gasteiger partial charge in [-0.2, -0.15) is 0 Å². The van der Waals surface area contributed by atoms with Gasteiger partial charge in [0.25, 0.3) is 0 Å². The van der Waals surface area contributed by atoms with Crippen LogP contribution >= 0.6 is 0 Å². The van der Waals surface area contributed by atoms with Crippen molar-refractivity contribution in [2.24, 2.45) is 0 Å². The zero-order chi connectivity index (χ0) is 14.8. The minimum atomic E-state index is -0.974. The van der Waals surface area contributed by atoms with Gasteiger partial charge in [-0.3, -0.25) is 9.59 Å². The molecule has 114 valence electrons. The summed E-state index contributed by atoms with van der Waals surface area (Å²) >= 11 is 0. The molecule has 0 aromatic heterocycles. The number of amides is 2. The summed E-state index contributed by atoms with van der Waals surface area (Å²) in [6, 6.07) is -0.0337. The third kappa shape index (κ3) is 3.93. The molecule has 1 atom stereocenters. The summed E-state index contributed by atoms with van der Waals surface area (Å²) in [6.45, 7) is 6.50. The molecule has 6 heteroatoms. The highest BCUT2D eigenvalue weighted by Gasteiger charge is 2.31. The van der Waals surface area contributed by atoms with E-state index in [0.717, 1.165) is 19.4 Å². The molecule has 2 rings (SSSR count). The van der Waals surface area contributed by atoms with Gasteiger partial charge in [0.1, 0.15) is 0 Å². The first-order valence-corrected chi connectivity index (χ1v) is 7.39. The maximum atomic E-state index is 12.2. The molecule has 0 saturated carbocycles. The van der Waals surface area contributed by atoms with Crippen LogP contribution in [-0.4, -0.2) is 71.1 Å². The van der Waals surface area contributed by atoms with Gasteiger partial charge < -0.3 is 20.2 Å². The summed E-state index contributed by atoms with van der Waals surface area (Å²) in [5.74, 6) is 0.126. The Morgan fingerprint density at radius 3 is 2.30 bits per heavy atom. The van der Waals surface area contributed by atoms with Crippen LogP contribution in [0.15, 0.2) is 0 Å². The van der Waals surface area contributed by atoms with Gasteiger partial charge in [-0.05, 0) is 33.2 Å². The number of carbonyl (C=O) groups is 2. The number of nitrogens with one attached hydrogen (secondary N) is 1. The number of piperazine rings is 1. The molecule has 0 spiro atoms. The van der Waals surface area contributed by atoms with Gasteiger partial charge in [0, 0.05) is 26.2 Å². The fraction of sp³-hybridized carbons (Fsp3) is 0.857. The quantitative estimate of drug-likeness (QED) is 0.737. The van der Waals surface area contributed by atoms with Gasteiger partial charge in [0.15, 0.2) is 0 Å². The number of carbonyl (C=O) groups excluding carboxylic acids is 2. The van der Waals surface area contributed by atoms with Crippen molar-refractivity contribution in [3.05, 3.63) is 0 Å². The lowest BCUT2D eigenvalue weighted by Crippen LogP contribution is -2.54. The van der Waals surface area contributed by atoms with Gasteiger partial charge >= 0.3 is 0 Å². The Hall–Kier alpha value is -1.14. The molecule has 2 aliphatic heterocycles. The van der Waals surface area contributed by atoms with Crippen LogP contribution in [-0.2, 0) is 9.59 Å². The molecule has 0 aliphatic carbocycles. The van der Waals surface area contributed by atoms with Crippen molar-refractivity contribution in [1.29, 1.82) is 0 Å². The van der Waals surface area contributed by atoms with Crippen molar-refractivity contribution < 1.29 is 14.7 Å². The summed E-state index contributed by atoms with van der Waals surface area (Å²) < 4.78 is 0. The third-order valence-corrected chi connectivity index (χ3v) is 3.89. The molecule has 0 aromatic rings. The lowest BCUT2D eigenvalue weighted by Gasteiger charge is -2.36. The number of hydrogen-bond acceptors (Lipinski definition) is 4. The van der Waals surface area contributed by atoms with Gasteiger partial charge in [-0.25, -0.2) is 0 Å². The molecule has 0 bridgehead atoms. The number of rotatable bonds is 3. The molecule has 0 radical (unpaired) electrons. The van der Waals surface area contributed by atoms with Crippen LogP contribution in [0, 0.1) is 0 Å². The molecule has 2 N–H and O–H groups in total. The summed E-state index contributed by atoms with van der Waals surface area (Å²) in [5, 5.41) is 12.9. The Kier molecular flexibility index (Phi) is 4.65. The van der Waals surface area contributed by atoms with E-state index in [1.54, 1.807) is 18.7 Å². The van der Waals surface area contributed by atoms with Crippen LogP contribution in [0.25, 0.3) is 0 Å². The first kappa shape index (κ1) is 15.3. The molecule has 2 amide bonds. The third-order valence-electron chi connectivity index (χ3n) is 3.89. The summed E-state index contributed by atoms with van der Waals surface area (Å²) in [4.78, 5) is 27.8. The highest BCUT2D eigenvalue weighted by atomic mass is 16.3. The van der Waals surface area contributed by atoms with Crippen LogP contribution in [0.2, 0.25) is 0 Å². The number of hydrogen-bond donors (Lipinski definition) is 2. The largest absolute Gasteiger partial charge is 0.390 e. The van der Waals surface area contributed by atoms with Crippen molar-refractivity contribution in [3.63, 3.8) is 0 Å². The Labute approximate surface area is 120 Å². The standard InChI is InChI=1S/C14H25N3O3/c1-14(2,20)10-12(18)16-6-8-17(9-7-16)13(19)11-4-3-5-15-11/h11,15,20H,3-10H2,1-2H3. The van der Waals surface area contributed by atoms with Crippen molar-refractivity contribution in [1.82, 2.24) is 15.1 Å². The van der Waals surface area contributed by atoms with Crippen molar-refractivity contribution in [2.45, 2.75) is 44.8 Å². The molecule has 2 fully saturated rings. The van der Waals surface area contributed by atoms with Crippen LogP contribution in [0.1, 0.15) is 33.1 Å². The van der Waals surface area contributed by atoms with Crippen LogP contribution in [0.3, 0.4) is 0 Å². The van der Waals surface area contributed by atoms with Gasteiger partial charge in [-0.1, -0.05) is 0 Å². The summed E-state index contributed by atoms with van der Waals surface area (Å²) in [6.07, 6.45) is 2.10. The number of nitrogens with zero attached hydrogens (tertiary/aromatic N) is 2. The van der Waals surface area contributed by atoms with E-state index in [0.29, 0.717) is 26.2 Å². The SMILES string of the molecule is CC(C)(O)CC(=O)N1CCN(C(=O)C2CCCN2)CC1. The molecular weight excluding hydrogens is 258 g/mol. The van der Waals surface area contributed by atoms with Gasteiger partial charge in [0.05, 0.1) is 18.1 Å². The fourth-order valence-electron chi connectivity index (χ4n) is 2.77. The van der Waals surface area contributed by atoms with E-state index in [-0.39, 0.29) is 24.3 Å². The van der Waals surface area contributed by atoms with Crippen LogP contribution in [0.4, 0.5) is 0 Å². The minimum Gasteiger partial charge on any atom is -0.390 e. The molecular formula is C14H25N3O3. The molecule has 2 saturated heterocycles. The zero-order valence-electron chi connectivity index (χ0n) is 12.4. The number of aliphatic hydroxyl groups is 1. The predicted octanol–water partition coefficient (Wildman–Crippen LogP) is -0.430. The topological polar surface area (TPSA) is 72.9 Å². The monoisotopic (exact) mass is 283 g/mol. The van der Waals surface area contributed by atoms with E-state index >= 15 is 0 Å². The van der Waals surface area contributed by atoms with Crippen molar-refractivity contribution in [2.75, 3.05) is 32.7 Å². The van der Waals surface area contributed by atoms with E-state index in [2.05, 4.69) is 5.32 Å². The Balaban J connectivity index is 1.80. The lowest BCUT2D eigenvalue weighted by molar-refractivity contribution is -0.142. The summed E-state index contributed by atoms with van der Waals surface area (Å²) in [7, 11) is 0. The van der Waals surface area contributed by atoms with E-state index in [1.165, 1.54) is 0 Å². The molecule has 20 heavy (non-hydrogen) atoms. The first-order chi connectivity index (χ1) is 9.37. The van der Waals surface area contributed by atoms with Crippen LogP contribution < -0.4 is 5.32 Å². The zero-order valence-corrected chi connectivity index (χ0v) is 12.4. The molecule has 2 aliphatic rings. The molecule has 6 nitrogen and oxygen atoms in total. The lowest BCUT2D eigenvalue weighted by atomic mass is 10.0. The summed E-state index contributed by atoms with van der Waals surface area (Å²) in [5.41, 5.74) is -0.974. The second-order valence-corrected chi connectivity index (χ2v) is 6.34. The maximum Gasteiger partial charge on any atom is 0.239 e. The van der Waals surface area contributed by atoms with Crippen LogP contribution in [0.5, 0.6) is 0 Å². The van der Waals surface area contributed by atoms with E-state index in [4.69, 9.17) is 0 Å². The van der Waals surface area contributed by atoms with Crippen molar-refractivity contribution >= 4 is 11.8 Å². The highest BCUT2D eigenvalue weighted by molar-refractivity contribution is 5.83. The van der Waals surface area contributed by atoms with E-state index in [1.807, 2.05) is 4.90 Å². The molecule has 0 aromatic carbocycles. The average Bonchev–Trinajstić information content (AvgIpc) is 2.90. The van der Waals surface area contributed by atoms with Gasteiger partial charge in [0.2, 0.25) is 11.8 Å². The maximum absolute atomic E-state index is 12.2. The minimum absolute atomic E-state index is 0.0337. The predicted molar refractivity (Wildman–Crippen MR) is 75.1 cm³/mol. The van der Waals surface area contributed by atoms with E-state index in [9.17, 15) is 14.7 Å². The Morgan fingerprint density at radius 1 is 1.20 bits per heavy atom.